The first kappa shape index (κ1) is 12.2. The number of hydrogen-bond donors (Lipinski definition) is 1. The molecule has 0 aromatic carbocycles. The Labute approximate surface area is 113 Å². The quantitative estimate of drug-likeness (QED) is 0.723. The summed E-state index contributed by atoms with van der Waals surface area (Å²) < 4.78 is 4.26. The number of nitrogens with two attached hydrogens (primary N) is 1. The van der Waals surface area contributed by atoms with E-state index in [0.29, 0.717) is 24.4 Å². The SMILES string of the molecule is Nc1ccc(=O)n(CCn2nc3ccccn3c2=O)c1. The zero-order chi connectivity index (χ0) is 14.1. The van der Waals surface area contributed by atoms with Crippen molar-refractivity contribution in [3.05, 3.63) is 63.6 Å². The number of anilines is 1. The second-order valence-corrected chi connectivity index (χ2v) is 4.43. The van der Waals surface area contributed by atoms with E-state index in [1.807, 2.05) is 6.07 Å². The Morgan fingerprint density at radius 3 is 2.75 bits per heavy atom. The minimum absolute atomic E-state index is 0.156. The summed E-state index contributed by atoms with van der Waals surface area (Å²) in [7, 11) is 0. The van der Waals surface area contributed by atoms with Gasteiger partial charge in [-0.15, -0.1) is 5.10 Å². The third-order valence-electron chi connectivity index (χ3n) is 3.05. The molecule has 102 valence electrons. The van der Waals surface area contributed by atoms with Gasteiger partial charge in [-0.25, -0.2) is 9.48 Å². The van der Waals surface area contributed by atoms with Crippen LogP contribution in [0.3, 0.4) is 0 Å². The van der Waals surface area contributed by atoms with Gasteiger partial charge < -0.3 is 10.3 Å². The first-order valence-corrected chi connectivity index (χ1v) is 6.15. The number of pyridine rings is 2. The monoisotopic (exact) mass is 271 g/mol. The van der Waals surface area contributed by atoms with E-state index in [9.17, 15) is 9.59 Å². The molecule has 0 radical (unpaired) electrons. The van der Waals surface area contributed by atoms with Crippen molar-refractivity contribution in [2.75, 3.05) is 5.73 Å². The van der Waals surface area contributed by atoms with Crippen LogP contribution in [0.4, 0.5) is 5.69 Å². The van der Waals surface area contributed by atoms with E-state index in [0.717, 1.165) is 0 Å². The molecule has 0 bridgehead atoms. The van der Waals surface area contributed by atoms with Gasteiger partial charge in [-0.05, 0) is 18.2 Å². The van der Waals surface area contributed by atoms with Crippen molar-refractivity contribution in [1.82, 2.24) is 18.7 Å². The third kappa shape index (κ3) is 2.09. The van der Waals surface area contributed by atoms with E-state index < -0.39 is 0 Å². The zero-order valence-corrected chi connectivity index (χ0v) is 10.6. The fourth-order valence-electron chi connectivity index (χ4n) is 2.04. The van der Waals surface area contributed by atoms with Crippen LogP contribution in [0.15, 0.2) is 52.3 Å². The maximum Gasteiger partial charge on any atom is 0.350 e. The number of nitrogens with zero attached hydrogens (tertiary/aromatic N) is 4. The van der Waals surface area contributed by atoms with Crippen LogP contribution in [-0.4, -0.2) is 18.7 Å². The summed E-state index contributed by atoms with van der Waals surface area (Å²) in [6.07, 6.45) is 3.22. The molecule has 3 aromatic heterocycles. The molecule has 20 heavy (non-hydrogen) atoms. The molecule has 0 aliphatic rings. The van der Waals surface area contributed by atoms with Crippen LogP contribution in [0, 0.1) is 0 Å². The van der Waals surface area contributed by atoms with Crippen LogP contribution in [0.25, 0.3) is 5.65 Å². The van der Waals surface area contributed by atoms with Crippen molar-refractivity contribution in [3.8, 4) is 0 Å². The van der Waals surface area contributed by atoms with Gasteiger partial charge in [-0.1, -0.05) is 6.07 Å². The number of nitrogen functional groups attached to an aromatic ring is 1. The maximum absolute atomic E-state index is 12.1. The van der Waals surface area contributed by atoms with Crippen LogP contribution in [0.1, 0.15) is 0 Å². The number of aromatic nitrogens is 4. The summed E-state index contributed by atoms with van der Waals surface area (Å²) in [6, 6.07) is 8.29. The molecule has 0 spiro atoms. The minimum atomic E-state index is -0.224. The zero-order valence-electron chi connectivity index (χ0n) is 10.6. The molecule has 0 unspecified atom stereocenters. The van der Waals surface area contributed by atoms with Gasteiger partial charge in [-0.2, -0.15) is 0 Å². The predicted molar refractivity (Wildman–Crippen MR) is 74.6 cm³/mol. The molecule has 0 aliphatic heterocycles. The molecule has 3 rings (SSSR count). The van der Waals surface area contributed by atoms with E-state index in [2.05, 4.69) is 5.10 Å². The van der Waals surface area contributed by atoms with Gasteiger partial charge in [0.05, 0.1) is 6.54 Å². The van der Waals surface area contributed by atoms with E-state index in [4.69, 9.17) is 5.73 Å². The lowest BCUT2D eigenvalue weighted by Crippen LogP contribution is -2.27. The second-order valence-electron chi connectivity index (χ2n) is 4.43. The van der Waals surface area contributed by atoms with Gasteiger partial charge in [0.25, 0.3) is 5.56 Å². The smallest absolute Gasteiger partial charge is 0.350 e. The molecule has 7 nitrogen and oxygen atoms in total. The van der Waals surface area contributed by atoms with E-state index in [1.54, 1.807) is 30.6 Å². The van der Waals surface area contributed by atoms with Gasteiger partial charge >= 0.3 is 5.69 Å². The lowest BCUT2D eigenvalue weighted by atomic mass is 10.4. The third-order valence-corrected chi connectivity index (χ3v) is 3.05. The molecule has 0 fully saturated rings. The lowest BCUT2D eigenvalue weighted by Gasteiger charge is -2.05. The Hall–Kier alpha value is -2.83. The second kappa shape index (κ2) is 4.69. The summed E-state index contributed by atoms with van der Waals surface area (Å²) in [5, 5.41) is 4.20. The summed E-state index contributed by atoms with van der Waals surface area (Å²) in [4.78, 5) is 23.7. The first-order valence-electron chi connectivity index (χ1n) is 6.15. The van der Waals surface area contributed by atoms with Gasteiger partial charge in [0.15, 0.2) is 5.65 Å². The van der Waals surface area contributed by atoms with E-state index in [1.165, 1.54) is 19.7 Å². The Morgan fingerprint density at radius 1 is 1.10 bits per heavy atom. The van der Waals surface area contributed by atoms with Gasteiger partial charge in [-0.3, -0.25) is 9.20 Å². The van der Waals surface area contributed by atoms with Gasteiger partial charge in [0, 0.05) is 30.7 Å². The lowest BCUT2D eigenvalue weighted by molar-refractivity contribution is 0.511. The molecule has 0 atom stereocenters. The Balaban J connectivity index is 1.91. The Kier molecular flexibility index (Phi) is 2.86. The number of fused-ring (bicyclic) bond motifs is 1. The highest BCUT2D eigenvalue weighted by atomic mass is 16.2. The minimum Gasteiger partial charge on any atom is -0.398 e. The number of aryl methyl sites for hydroxylation is 2. The highest BCUT2D eigenvalue weighted by Crippen LogP contribution is 1.98. The van der Waals surface area contributed by atoms with Crippen molar-refractivity contribution in [2.24, 2.45) is 0 Å². The molecule has 2 N–H and O–H groups in total. The highest BCUT2D eigenvalue weighted by molar-refractivity contribution is 5.35. The molecule has 0 saturated carbocycles. The highest BCUT2D eigenvalue weighted by Gasteiger charge is 2.06. The summed E-state index contributed by atoms with van der Waals surface area (Å²) in [5.41, 5.74) is 6.35. The van der Waals surface area contributed by atoms with Crippen LogP contribution in [-0.2, 0) is 13.1 Å². The number of hydrogen-bond acceptors (Lipinski definition) is 4. The largest absolute Gasteiger partial charge is 0.398 e. The normalized spacial score (nSPS) is 11.0. The average Bonchev–Trinajstić information content (AvgIpc) is 2.77. The molecular formula is C13H13N5O2. The van der Waals surface area contributed by atoms with E-state index in [-0.39, 0.29) is 11.2 Å². The van der Waals surface area contributed by atoms with Gasteiger partial charge in [0.1, 0.15) is 0 Å². The molecule has 3 heterocycles. The summed E-state index contributed by atoms with van der Waals surface area (Å²) in [6.45, 7) is 0.650. The molecular weight excluding hydrogens is 258 g/mol. The summed E-state index contributed by atoms with van der Waals surface area (Å²) in [5.74, 6) is 0. The Bertz CT molecular complexity index is 874. The maximum atomic E-state index is 12.1. The van der Waals surface area contributed by atoms with E-state index >= 15 is 0 Å². The summed E-state index contributed by atoms with van der Waals surface area (Å²) >= 11 is 0. The predicted octanol–water partition coefficient (Wildman–Crippen LogP) is -0.0599. The van der Waals surface area contributed by atoms with Crippen molar-refractivity contribution < 1.29 is 0 Å². The first-order chi connectivity index (χ1) is 9.65. The topological polar surface area (TPSA) is 87.3 Å². The molecule has 3 aromatic rings. The van der Waals surface area contributed by atoms with Crippen LogP contribution in [0.5, 0.6) is 0 Å². The van der Waals surface area contributed by atoms with Crippen LogP contribution in [0.2, 0.25) is 0 Å². The molecule has 0 aliphatic carbocycles. The van der Waals surface area contributed by atoms with Crippen molar-refractivity contribution in [2.45, 2.75) is 13.1 Å². The molecule has 0 saturated heterocycles. The van der Waals surface area contributed by atoms with Crippen molar-refractivity contribution in [1.29, 1.82) is 0 Å². The van der Waals surface area contributed by atoms with Crippen LogP contribution >= 0.6 is 0 Å². The van der Waals surface area contributed by atoms with Crippen molar-refractivity contribution in [3.63, 3.8) is 0 Å². The number of rotatable bonds is 3. The fourth-order valence-corrected chi connectivity index (χ4v) is 2.04. The Morgan fingerprint density at radius 2 is 1.95 bits per heavy atom. The molecule has 0 amide bonds. The fraction of sp³-hybridized carbons (Fsp3) is 0.154. The average molecular weight is 271 g/mol. The van der Waals surface area contributed by atoms with Gasteiger partial charge in [0.2, 0.25) is 0 Å². The van der Waals surface area contributed by atoms with Crippen LogP contribution < -0.4 is 17.0 Å². The van der Waals surface area contributed by atoms with Crippen molar-refractivity contribution >= 4 is 11.3 Å². The standard InChI is InChI=1S/C13H13N5O2/c14-10-4-5-12(19)16(9-10)7-8-18-13(20)17-6-2-1-3-11(17)15-18/h1-6,9H,7-8,14H2. The molecule has 7 heteroatoms.